The van der Waals surface area contributed by atoms with Crippen LogP contribution >= 0.6 is 23.4 Å². The van der Waals surface area contributed by atoms with E-state index in [-0.39, 0.29) is 11.8 Å². The zero-order valence-corrected chi connectivity index (χ0v) is 19.0. The van der Waals surface area contributed by atoms with E-state index in [1.165, 1.54) is 11.8 Å². The molecule has 5 rings (SSSR count). The second-order valence-corrected chi connectivity index (χ2v) is 9.38. The number of benzene rings is 3. The van der Waals surface area contributed by atoms with E-state index >= 15 is 0 Å². The molecule has 0 saturated carbocycles. The highest BCUT2D eigenvalue weighted by Crippen LogP contribution is 2.55. The summed E-state index contributed by atoms with van der Waals surface area (Å²) in [6.45, 7) is 0.814. The standard InChI is InChI=1S/C25H21ClN2O3S/c1-31-19-11-12-22-20(15-19)25(24(30)27(22)16-18-9-5-6-10-21(18)26)28(13-14-32-25)23(29)17-7-3-2-4-8-17/h2-12,15H,13-14,16H2,1H3/t25-/m1/s1. The molecule has 2 aliphatic rings. The number of fused-ring (bicyclic) bond motifs is 2. The number of methoxy groups -OCH3 is 1. The number of ether oxygens (including phenoxy) is 1. The van der Waals surface area contributed by atoms with Gasteiger partial charge in [-0.2, -0.15) is 0 Å². The number of nitrogens with zero attached hydrogens (tertiary/aromatic N) is 2. The number of anilines is 1. The minimum atomic E-state index is -1.13. The van der Waals surface area contributed by atoms with Crippen LogP contribution in [0.2, 0.25) is 5.02 Å². The van der Waals surface area contributed by atoms with Gasteiger partial charge in [-0.05, 0) is 42.0 Å². The Morgan fingerprint density at radius 3 is 2.59 bits per heavy atom. The van der Waals surface area contributed by atoms with Crippen LogP contribution in [0.5, 0.6) is 5.75 Å². The summed E-state index contributed by atoms with van der Waals surface area (Å²) >= 11 is 7.91. The summed E-state index contributed by atoms with van der Waals surface area (Å²) in [6.07, 6.45) is 0. The molecular formula is C25H21ClN2O3S. The maximum atomic E-state index is 14.1. The number of hydrogen-bond acceptors (Lipinski definition) is 4. The van der Waals surface area contributed by atoms with Gasteiger partial charge in [0.05, 0.1) is 19.3 Å². The van der Waals surface area contributed by atoms with Crippen molar-refractivity contribution in [1.82, 2.24) is 4.90 Å². The maximum Gasteiger partial charge on any atom is 0.268 e. The Bertz CT molecular complexity index is 1200. The lowest BCUT2D eigenvalue weighted by Crippen LogP contribution is -2.50. The average molecular weight is 465 g/mol. The largest absolute Gasteiger partial charge is 0.497 e. The minimum Gasteiger partial charge on any atom is -0.497 e. The Morgan fingerprint density at radius 2 is 1.84 bits per heavy atom. The molecule has 2 amide bonds. The van der Waals surface area contributed by atoms with Crippen molar-refractivity contribution in [1.29, 1.82) is 0 Å². The van der Waals surface area contributed by atoms with Gasteiger partial charge in [0.25, 0.3) is 11.8 Å². The fourth-order valence-electron chi connectivity index (χ4n) is 4.41. The maximum absolute atomic E-state index is 14.1. The Labute approximate surface area is 195 Å². The molecule has 0 aromatic heterocycles. The Kier molecular flexibility index (Phi) is 5.35. The molecule has 7 heteroatoms. The molecule has 0 aliphatic carbocycles. The van der Waals surface area contributed by atoms with E-state index in [1.807, 2.05) is 60.7 Å². The highest BCUT2D eigenvalue weighted by Gasteiger charge is 2.59. The molecule has 32 heavy (non-hydrogen) atoms. The first-order valence-corrected chi connectivity index (χ1v) is 11.7. The van der Waals surface area contributed by atoms with Gasteiger partial charge in [0.2, 0.25) is 0 Å². The highest BCUT2D eigenvalue weighted by atomic mass is 35.5. The Hall–Kier alpha value is -2.96. The zero-order chi connectivity index (χ0) is 22.3. The van der Waals surface area contributed by atoms with Crippen molar-refractivity contribution in [2.45, 2.75) is 11.4 Å². The average Bonchev–Trinajstić information content (AvgIpc) is 3.37. The lowest BCUT2D eigenvalue weighted by Gasteiger charge is -2.33. The van der Waals surface area contributed by atoms with Gasteiger partial charge in [-0.3, -0.25) is 9.59 Å². The molecule has 1 spiro atoms. The number of rotatable bonds is 4. The third-order valence-corrected chi connectivity index (χ3v) is 7.74. The normalized spacial score (nSPS) is 19.5. The summed E-state index contributed by atoms with van der Waals surface area (Å²) in [7, 11) is 1.60. The fourth-order valence-corrected chi connectivity index (χ4v) is 6.06. The lowest BCUT2D eigenvalue weighted by atomic mass is 10.0. The van der Waals surface area contributed by atoms with Gasteiger partial charge in [0.1, 0.15) is 5.75 Å². The van der Waals surface area contributed by atoms with Crippen LogP contribution in [0.1, 0.15) is 21.5 Å². The molecule has 0 bridgehead atoms. The molecule has 1 atom stereocenters. The van der Waals surface area contributed by atoms with Gasteiger partial charge >= 0.3 is 0 Å². The van der Waals surface area contributed by atoms with E-state index in [0.29, 0.717) is 35.2 Å². The topological polar surface area (TPSA) is 49.9 Å². The van der Waals surface area contributed by atoms with Gasteiger partial charge in [-0.1, -0.05) is 48.0 Å². The molecule has 0 unspecified atom stereocenters. The van der Waals surface area contributed by atoms with Gasteiger partial charge in [0.15, 0.2) is 4.87 Å². The Morgan fingerprint density at radius 1 is 1.09 bits per heavy atom. The number of hydrogen-bond donors (Lipinski definition) is 0. The third kappa shape index (κ3) is 3.17. The molecule has 0 radical (unpaired) electrons. The van der Waals surface area contributed by atoms with E-state index in [1.54, 1.807) is 29.0 Å². The molecule has 2 heterocycles. The summed E-state index contributed by atoms with van der Waals surface area (Å²) < 4.78 is 5.47. The second kappa shape index (κ2) is 8.19. The summed E-state index contributed by atoms with van der Waals surface area (Å²) in [4.78, 5) is 29.9. The minimum absolute atomic E-state index is 0.132. The first-order valence-electron chi connectivity index (χ1n) is 10.3. The van der Waals surface area contributed by atoms with Crippen molar-refractivity contribution < 1.29 is 14.3 Å². The van der Waals surface area contributed by atoms with Crippen molar-refractivity contribution in [3.05, 3.63) is 94.5 Å². The van der Waals surface area contributed by atoms with Gasteiger partial charge in [-0.15, -0.1) is 11.8 Å². The molecule has 1 fully saturated rings. The van der Waals surface area contributed by atoms with Gasteiger partial charge < -0.3 is 14.5 Å². The summed E-state index contributed by atoms with van der Waals surface area (Å²) in [5.74, 6) is 1.03. The van der Waals surface area contributed by atoms with Crippen LogP contribution in [0.15, 0.2) is 72.8 Å². The number of amides is 2. The predicted octanol–water partition coefficient (Wildman–Crippen LogP) is 4.94. The molecule has 3 aromatic rings. The van der Waals surface area contributed by atoms with Crippen LogP contribution in [0.4, 0.5) is 5.69 Å². The van der Waals surface area contributed by atoms with Crippen LogP contribution < -0.4 is 9.64 Å². The van der Waals surface area contributed by atoms with Crippen molar-refractivity contribution in [2.24, 2.45) is 0 Å². The Balaban J connectivity index is 1.63. The van der Waals surface area contributed by atoms with Crippen LogP contribution in [0, 0.1) is 0 Å². The molecular weight excluding hydrogens is 444 g/mol. The van der Waals surface area contributed by atoms with Crippen molar-refractivity contribution in [3.8, 4) is 5.75 Å². The smallest absolute Gasteiger partial charge is 0.268 e. The first kappa shape index (κ1) is 20.9. The number of thioether (sulfide) groups is 1. The van der Waals surface area contributed by atoms with Crippen molar-refractivity contribution in [3.63, 3.8) is 0 Å². The number of carbonyl (C=O) groups is 2. The highest BCUT2D eigenvalue weighted by molar-refractivity contribution is 8.01. The summed E-state index contributed by atoms with van der Waals surface area (Å²) in [5, 5.41) is 0.604. The summed E-state index contributed by atoms with van der Waals surface area (Å²) in [5.41, 5.74) is 2.97. The fraction of sp³-hybridized carbons (Fsp3) is 0.200. The molecule has 1 saturated heterocycles. The van der Waals surface area contributed by atoms with E-state index in [0.717, 1.165) is 16.8 Å². The van der Waals surface area contributed by atoms with Crippen molar-refractivity contribution >= 4 is 40.9 Å². The number of halogens is 1. The summed E-state index contributed by atoms with van der Waals surface area (Å²) in [6, 6.07) is 22.2. The van der Waals surface area contributed by atoms with E-state index in [2.05, 4.69) is 0 Å². The lowest BCUT2D eigenvalue weighted by molar-refractivity contribution is -0.123. The van der Waals surface area contributed by atoms with E-state index < -0.39 is 4.87 Å². The monoisotopic (exact) mass is 464 g/mol. The molecule has 5 nitrogen and oxygen atoms in total. The van der Waals surface area contributed by atoms with Crippen LogP contribution in [0.3, 0.4) is 0 Å². The van der Waals surface area contributed by atoms with Crippen LogP contribution in [0.25, 0.3) is 0 Å². The first-order chi connectivity index (χ1) is 15.6. The molecule has 162 valence electrons. The van der Waals surface area contributed by atoms with Gasteiger partial charge in [0, 0.05) is 28.4 Å². The zero-order valence-electron chi connectivity index (χ0n) is 17.5. The second-order valence-electron chi connectivity index (χ2n) is 7.68. The van der Waals surface area contributed by atoms with Crippen LogP contribution in [-0.2, 0) is 16.2 Å². The quantitative estimate of drug-likeness (QED) is 0.549. The van der Waals surface area contributed by atoms with Gasteiger partial charge in [-0.25, -0.2) is 0 Å². The van der Waals surface area contributed by atoms with Crippen LogP contribution in [-0.4, -0.2) is 36.1 Å². The van der Waals surface area contributed by atoms with Crippen molar-refractivity contribution in [2.75, 3.05) is 24.3 Å². The molecule has 0 N–H and O–H groups in total. The van der Waals surface area contributed by atoms with E-state index in [9.17, 15) is 9.59 Å². The molecule has 2 aliphatic heterocycles. The number of carbonyl (C=O) groups excluding carboxylic acids is 2. The third-order valence-electron chi connectivity index (χ3n) is 5.95. The SMILES string of the molecule is COc1ccc2c(c1)[C@@]1(SCCN1C(=O)c1ccccc1)C(=O)N2Cc1ccccc1Cl. The predicted molar refractivity (Wildman–Crippen MR) is 127 cm³/mol. The van der Waals surface area contributed by atoms with E-state index in [4.69, 9.17) is 16.3 Å². The molecule has 3 aromatic carbocycles.